The summed E-state index contributed by atoms with van der Waals surface area (Å²) in [4.78, 5) is 26.3. The number of carbonyl (C=O) groups excluding carboxylic acids is 2. The van der Waals surface area contributed by atoms with Crippen molar-refractivity contribution in [3.63, 3.8) is 0 Å². The van der Waals surface area contributed by atoms with Crippen LogP contribution in [-0.2, 0) is 11.3 Å². The number of benzene rings is 1. The van der Waals surface area contributed by atoms with Crippen LogP contribution in [0.1, 0.15) is 37.7 Å². The fraction of sp³-hybridized carbons (Fsp3) is 0.529. The molecule has 1 aromatic carbocycles. The summed E-state index contributed by atoms with van der Waals surface area (Å²) < 4.78 is 0. The van der Waals surface area contributed by atoms with Crippen LogP contribution in [0.15, 0.2) is 24.3 Å². The van der Waals surface area contributed by atoms with Gasteiger partial charge in [-0.15, -0.1) is 0 Å². The van der Waals surface area contributed by atoms with Crippen molar-refractivity contribution in [3.05, 3.63) is 34.9 Å². The highest BCUT2D eigenvalue weighted by Gasteiger charge is 2.37. The maximum atomic E-state index is 12.3. The molecule has 0 spiro atoms. The number of amides is 3. The molecule has 1 unspecified atom stereocenters. The van der Waals surface area contributed by atoms with Crippen molar-refractivity contribution < 1.29 is 9.59 Å². The van der Waals surface area contributed by atoms with Crippen molar-refractivity contribution in [3.8, 4) is 0 Å². The maximum Gasteiger partial charge on any atom is 0.318 e. The molecule has 23 heavy (non-hydrogen) atoms. The molecule has 1 aliphatic heterocycles. The highest BCUT2D eigenvalue weighted by molar-refractivity contribution is 6.30. The van der Waals surface area contributed by atoms with E-state index >= 15 is 0 Å². The van der Waals surface area contributed by atoms with Crippen molar-refractivity contribution in [2.75, 3.05) is 6.54 Å². The van der Waals surface area contributed by atoms with Gasteiger partial charge in [0, 0.05) is 17.6 Å². The van der Waals surface area contributed by atoms with E-state index in [2.05, 4.69) is 10.6 Å². The topological polar surface area (TPSA) is 61.4 Å². The molecule has 1 heterocycles. The van der Waals surface area contributed by atoms with Crippen molar-refractivity contribution in [2.45, 2.75) is 50.7 Å². The summed E-state index contributed by atoms with van der Waals surface area (Å²) in [5.41, 5.74) is 0.944. The smallest absolute Gasteiger partial charge is 0.318 e. The van der Waals surface area contributed by atoms with Crippen LogP contribution in [0.2, 0.25) is 5.02 Å². The molecule has 1 atom stereocenters. The third-order valence-electron chi connectivity index (χ3n) is 4.63. The predicted octanol–water partition coefficient (Wildman–Crippen LogP) is 2.68. The fourth-order valence-electron chi connectivity index (χ4n) is 3.37. The van der Waals surface area contributed by atoms with E-state index in [0.717, 1.165) is 18.4 Å². The SMILES string of the molecule is O=C(NCc1cccc(Cl)c1)C1CN(C2CCCCC2)C(=O)N1. The molecule has 6 heteroatoms. The van der Waals surface area contributed by atoms with Crippen LogP contribution in [0.4, 0.5) is 4.79 Å². The van der Waals surface area contributed by atoms with Gasteiger partial charge in [-0.1, -0.05) is 43.0 Å². The Morgan fingerprint density at radius 3 is 2.83 bits per heavy atom. The second-order valence-corrected chi connectivity index (χ2v) is 6.73. The molecule has 1 saturated carbocycles. The molecule has 3 amide bonds. The van der Waals surface area contributed by atoms with Gasteiger partial charge in [0.2, 0.25) is 5.91 Å². The minimum atomic E-state index is -0.469. The number of hydrogen-bond acceptors (Lipinski definition) is 2. The Bertz CT molecular complexity index is 587. The van der Waals surface area contributed by atoms with E-state index < -0.39 is 6.04 Å². The quantitative estimate of drug-likeness (QED) is 0.888. The van der Waals surface area contributed by atoms with Crippen molar-refractivity contribution >= 4 is 23.5 Å². The Morgan fingerprint density at radius 1 is 1.30 bits per heavy atom. The average molecular weight is 336 g/mol. The molecule has 1 aromatic rings. The van der Waals surface area contributed by atoms with E-state index in [4.69, 9.17) is 11.6 Å². The summed E-state index contributed by atoms with van der Waals surface area (Å²) in [6.07, 6.45) is 5.67. The first-order valence-electron chi connectivity index (χ1n) is 8.23. The second-order valence-electron chi connectivity index (χ2n) is 6.29. The molecule has 1 saturated heterocycles. The number of urea groups is 1. The summed E-state index contributed by atoms with van der Waals surface area (Å²) >= 11 is 5.94. The van der Waals surface area contributed by atoms with E-state index in [0.29, 0.717) is 18.1 Å². The Kier molecular flexibility index (Phi) is 5.06. The summed E-state index contributed by atoms with van der Waals surface area (Å²) in [6, 6.07) is 7.09. The molecule has 0 aromatic heterocycles. The van der Waals surface area contributed by atoms with Crippen molar-refractivity contribution in [2.24, 2.45) is 0 Å². The van der Waals surface area contributed by atoms with E-state index in [1.165, 1.54) is 19.3 Å². The first-order valence-corrected chi connectivity index (χ1v) is 8.60. The third kappa shape index (κ3) is 3.96. The zero-order valence-electron chi connectivity index (χ0n) is 13.1. The molecular formula is C17H22ClN3O2. The van der Waals surface area contributed by atoms with Gasteiger partial charge in [-0.05, 0) is 30.5 Å². The molecule has 0 radical (unpaired) electrons. The molecular weight excluding hydrogens is 314 g/mol. The lowest BCUT2D eigenvalue weighted by molar-refractivity contribution is -0.122. The van der Waals surface area contributed by atoms with Gasteiger partial charge in [0.05, 0.1) is 6.54 Å². The average Bonchev–Trinajstić information content (AvgIpc) is 2.95. The van der Waals surface area contributed by atoms with Gasteiger partial charge < -0.3 is 15.5 Å². The van der Waals surface area contributed by atoms with Gasteiger partial charge in [0.1, 0.15) is 6.04 Å². The summed E-state index contributed by atoms with van der Waals surface area (Å²) in [5, 5.41) is 6.32. The van der Waals surface area contributed by atoms with Gasteiger partial charge in [-0.2, -0.15) is 0 Å². The van der Waals surface area contributed by atoms with Crippen LogP contribution < -0.4 is 10.6 Å². The summed E-state index contributed by atoms with van der Waals surface area (Å²) in [6.45, 7) is 0.875. The lowest BCUT2D eigenvalue weighted by atomic mass is 9.94. The Balaban J connectivity index is 1.53. The number of halogens is 1. The molecule has 1 aliphatic carbocycles. The van der Waals surface area contributed by atoms with Gasteiger partial charge in [-0.3, -0.25) is 4.79 Å². The van der Waals surface area contributed by atoms with Gasteiger partial charge in [-0.25, -0.2) is 4.79 Å². The Morgan fingerprint density at radius 2 is 2.09 bits per heavy atom. The van der Waals surface area contributed by atoms with E-state index in [1.807, 2.05) is 23.1 Å². The third-order valence-corrected chi connectivity index (χ3v) is 4.86. The molecule has 124 valence electrons. The normalized spacial score (nSPS) is 22.0. The molecule has 0 bridgehead atoms. The lowest BCUT2D eigenvalue weighted by Gasteiger charge is -2.30. The highest BCUT2D eigenvalue weighted by atomic mass is 35.5. The van der Waals surface area contributed by atoms with Crippen LogP contribution in [-0.4, -0.2) is 35.5 Å². The largest absolute Gasteiger partial charge is 0.350 e. The molecule has 2 aliphatic rings. The van der Waals surface area contributed by atoms with E-state index in [9.17, 15) is 9.59 Å². The minimum absolute atomic E-state index is 0.111. The van der Waals surface area contributed by atoms with E-state index in [-0.39, 0.29) is 18.0 Å². The zero-order chi connectivity index (χ0) is 16.2. The first kappa shape index (κ1) is 16.1. The Hall–Kier alpha value is -1.75. The highest BCUT2D eigenvalue weighted by Crippen LogP contribution is 2.24. The van der Waals surface area contributed by atoms with Gasteiger partial charge in [0.25, 0.3) is 0 Å². The second kappa shape index (κ2) is 7.21. The maximum absolute atomic E-state index is 12.3. The van der Waals surface area contributed by atoms with Crippen LogP contribution in [0, 0.1) is 0 Å². The van der Waals surface area contributed by atoms with Crippen LogP contribution in [0.3, 0.4) is 0 Å². The monoisotopic (exact) mass is 335 g/mol. The van der Waals surface area contributed by atoms with Crippen molar-refractivity contribution in [1.29, 1.82) is 0 Å². The number of nitrogens with one attached hydrogen (secondary N) is 2. The molecule has 5 nitrogen and oxygen atoms in total. The number of carbonyl (C=O) groups is 2. The standard InChI is InChI=1S/C17H22ClN3O2/c18-13-6-4-5-12(9-13)10-19-16(22)15-11-21(17(23)20-15)14-7-2-1-3-8-14/h4-6,9,14-15H,1-3,7-8,10-11H2,(H,19,22)(H,20,23). The lowest BCUT2D eigenvalue weighted by Crippen LogP contribution is -2.42. The number of nitrogens with zero attached hydrogens (tertiary/aromatic N) is 1. The first-order chi connectivity index (χ1) is 11.1. The molecule has 3 rings (SSSR count). The molecule has 2 fully saturated rings. The number of rotatable bonds is 4. The predicted molar refractivity (Wildman–Crippen MR) is 89.2 cm³/mol. The summed E-state index contributed by atoms with van der Waals surface area (Å²) in [7, 11) is 0. The van der Waals surface area contributed by atoms with Crippen molar-refractivity contribution in [1.82, 2.24) is 15.5 Å². The fourth-order valence-corrected chi connectivity index (χ4v) is 3.59. The van der Waals surface area contributed by atoms with Crippen LogP contribution >= 0.6 is 11.6 Å². The van der Waals surface area contributed by atoms with Gasteiger partial charge >= 0.3 is 6.03 Å². The summed E-state index contributed by atoms with van der Waals surface area (Å²) in [5.74, 6) is -0.142. The zero-order valence-corrected chi connectivity index (χ0v) is 13.8. The van der Waals surface area contributed by atoms with E-state index in [1.54, 1.807) is 6.07 Å². The minimum Gasteiger partial charge on any atom is -0.350 e. The van der Waals surface area contributed by atoms with Crippen LogP contribution in [0.25, 0.3) is 0 Å². The van der Waals surface area contributed by atoms with Crippen LogP contribution in [0.5, 0.6) is 0 Å². The number of hydrogen-bond donors (Lipinski definition) is 2. The molecule has 2 N–H and O–H groups in total. The van der Waals surface area contributed by atoms with Gasteiger partial charge in [0.15, 0.2) is 0 Å². The Labute approximate surface area is 141 Å².